The summed E-state index contributed by atoms with van der Waals surface area (Å²) < 4.78 is 7.26. The monoisotopic (exact) mass is 422 g/mol. The second-order valence-electron chi connectivity index (χ2n) is 7.93. The average molecular weight is 423 g/mol. The molecule has 0 atom stereocenters. The van der Waals surface area contributed by atoms with E-state index in [9.17, 15) is 4.79 Å². The van der Waals surface area contributed by atoms with Gasteiger partial charge in [0.25, 0.3) is 5.91 Å². The quantitative estimate of drug-likeness (QED) is 0.608. The molecule has 0 unspecified atom stereocenters. The van der Waals surface area contributed by atoms with Crippen LogP contribution in [0.25, 0.3) is 0 Å². The van der Waals surface area contributed by atoms with Crippen LogP contribution in [0.3, 0.4) is 0 Å². The summed E-state index contributed by atoms with van der Waals surface area (Å²) in [5.41, 5.74) is 2.81. The van der Waals surface area contributed by atoms with Crippen molar-refractivity contribution in [1.82, 2.24) is 24.6 Å². The van der Waals surface area contributed by atoms with Gasteiger partial charge in [-0.25, -0.2) is 9.67 Å². The number of piperidine rings is 1. The van der Waals surface area contributed by atoms with Crippen LogP contribution in [-0.4, -0.2) is 50.8 Å². The predicted octanol–water partition coefficient (Wildman–Crippen LogP) is 3.58. The number of aromatic nitrogens is 4. The summed E-state index contributed by atoms with van der Waals surface area (Å²) in [6.45, 7) is 7.01. The van der Waals surface area contributed by atoms with Crippen molar-refractivity contribution >= 4 is 11.7 Å². The van der Waals surface area contributed by atoms with Crippen LogP contribution in [0.1, 0.15) is 53.4 Å². The van der Waals surface area contributed by atoms with Crippen LogP contribution < -0.4 is 10.1 Å². The van der Waals surface area contributed by atoms with E-state index in [1.165, 1.54) is 0 Å². The van der Waals surface area contributed by atoms with Gasteiger partial charge in [0.15, 0.2) is 0 Å². The van der Waals surface area contributed by atoms with Gasteiger partial charge in [-0.2, -0.15) is 5.10 Å². The fourth-order valence-corrected chi connectivity index (χ4v) is 4.14. The Morgan fingerprint density at radius 3 is 2.74 bits per heavy atom. The predicted molar refractivity (Wildman–Crippen MR) is 119 cm³/mol. The van der Waals surface area contributed by atoms with E-state index in [1.807, 2.05) is 22.9 Å². The van der Waals surface area contributed by atoms with E-state index in [4.69, 9.17) is 9.72 Å². The van der Waals surface area contributed by atoms with Crippen molar-refractivity contribution in [3.05, 3.63) is 59.3 Å². The van der Waals surface area contributed by atoms with E-state index < -0.39 is 0 Å². The van der Waals surface area contributed by atoms with Crippen molar-refractivity contribution < 1.29 is 9.53 Å². The molecule has 0 aliphatic carbocycles. The number of ether oxygens (including phenoxy) is 1. The molecule has 1 aliphatic heterocycles. The zero-order valence-electron chi connectivity index (χ0n) is 18.4. The number of hydrogen-bond donors (Lipinski definition) is 2. The number of rotatable bonds is 7. The number of aryl methyl sites for hydroxylation is 2. The van der Waals surface area contributed by atoms with Gasteiger partial charge in [-0.05, 0) is 31.9 Å². The fourth-order valence-electron chi connectivity index (χ4n) is 4.14. The highest BCUT2D eigenvalue weighted by atomic mass is 16.5. The number of hydrogen-bond acceptors (Lipinski definition) is 5. The molecule has 8 nitrogen and oxygen atoms in total. The third-order valence-electron chi connectivity index (χ3n) is 5.91. The van der Waals surface area contributed by atoms with Crippen molar-refractivity contribution in [2.24, 2.45) is 0 Å². The molecule has 1 saturated heterocycles. The third-order valence-corrected chi connectivity index (χ3v) is 5.91. The van der Waals surface area contributed by atoms with Crippen LogP contribution in [0.5, 0.6) is 5.75 Å². The lowest BCUT2D eigenvalue weighted by molar-refractivity contribution is 0.102. The van der Waals surface area contributed by atoms with E-state index >= 15 is 0 Å². The Kier molecular flexibility index (Phi) is 6.36. The van der Waals surface area contributed by atoms with Crippen LogP contribution in [0.2, 0.25) is 0 Å². The van der Waals surface area contributed by atoms with Gasteiger partial charge in [-0.3, -0.25) is 9.69 Å². The van der Waals surface area contributed by atoms with Crippen LogP contribution in [0.4, 0.5) is 5.82 Å². The number of nitrogens with zero attached hydrogens (tertiary/aromatic N) is 4. The van der Waals surface area contributed by atoms with Gasteiger partial charge in [-0.15, -0.1) is 0 Å². The first kappa shape index (κ1) is 21.1. The summed E-state index contributed by atoms with van der Waals surface area (Å²) in [4.78, 5) is 23.3. The molecule has 0 radical (unpaired) electrons. The largest absolute Gasteiger partial charge is 0.496 e. The molecule has 1 fully saturated rings. The second kappa shape index (κ2) is 9.34. The number of benzene rings is 1. The number of carbonyl (C=O) groups is 1. The minimum absolute atomic E-state index is 0.197. The SMILES string of the molecule is CCc1nc(CN2CCC(n3nccc3NC(=O)c3ccccc3OC)CC2)c(C)[nH]1. The Bertz CT molecular complexity index is 1030. The summed E-state index contributed by atoms with van der Waals surface area (Å²) in [6, 6.07) is 9.32. The molecule has 1 amide bonds. The van der Waals surface area contributed by atoms with Gasteiger partial charge >= 0.3 is 0 Å². The van der Waals surface area contributed by atoms with Crippen LogP contribution >= 0.6 is 0 Å². The number of nitrogens with one attached hydrogen (secondary N) is 2. The lowest BCUT2D eigenvalue weighted by Gasteiger charge is -2.32. The normalized spacial score (nSPS) is 15.2. The average Bonchev–Trinajstić information content (AvgIpc) is 3.40. The van der Waals surface area contributed by atoms with Crippen molar-refractivity contribution in [1.29, 1.82) is 0 Å². The van der Waals surface area contributed by atoms with Gasteiger partial charge in [0.2, 0.25) is 0 Å². The number of H-pyrrole nitrogens is 1. The fraction of sp³-hybridized carbons (Fsp3) is 0.435. The third kappa shape index (κ3) is 4.64. The Labute approximate surface area is 182 Å². The first-order valence-corrected chi connectivity index (χ1v) is 10.8. The van der Waals surface area contributed by atoms with Gasteiger partial charge in [0.1, 0.15) is 17.4 Å². The summed E-state index contributed by atoms with van der Waals surface area (Å²) >= 11 is 0. The highest BCUT2D eigenvalue weighted by molar-refractivity contribution is 6.05. The summed E-state index contributed by atoms with van der Waals surface area (Å²) in [5.74, 6) is 2.12. The number of likely N-dealkylation sites (tertiary alicyclic amines) is 1. The molecule has 0 bridgehead atoms. The lowest BCUT2D eigenvalue weighted by Crippen LogP contribution is -2.35. The molecule has 2 N–H and O–H groups in total. The van der Waals surface area contributed by atoms with Crippen molar-refractivity contribution in [2.45, 2.75) is 45.7 Å². The molecule has 4 rings (SSSR count). The second-order valence-corrected chi connectivity index (χ2v) is 7.93. The number of anilines is 1. The molecule has 2 aromatic heterocycles. The Hall–Kier alpha value is -3.13. The maximum atomic E-state index is 12.8. The van der Waals surface area contributed by atoms with Crippen molar-refractivity contribution in [2.75, 3.05) is 25.5 Å². The number of imidazole rings is 1. The molecule has 8 heteroatoms. The van der Waals surface area contributed by atoms with E-state index in [0.29, 0.717) is 17.1 Å². The van der Waals surface area contributed by atoms with Gasteiger partial charge < -0.3 is 15.0 Å². The molecular weight excluding hydrogens is 392 g/mol. The molecule has 3 heterocycles. The smallest absolute Gasteiger partial charge is 0.260 e. The summed E-state index contributed by atoms with van der Waals surface area (Å²) in [6.07, 6.45) is 4.61. The number of para-hydroxylation sites is 1. The molecule has 31 heavy (non-hydrogen) atoms. The van der Waals surface area contributed by atoms with Crippen molar-refractivity contribution in [3.63, 3.8) is 0 Å². The first-order chi connectivity index (χ1) is 15.1. The molecule has 0 saturated carbocycles. The number of aromatic amines is 1. The number of methoxy groups -OCH3 is 1. The molecule has 1 aliphatic rings. The number of amides is 1. The van der Waals surface area contributed by atoms with E-state index in [2.05, 4.69) is 34.1 Å². The van der Waals surface area contributed by atoms with Gasteiger partial charge in [0, 0.05) is 37.8 Å². The molecular formula is C23H30N6O2. The van der Waals surface area contributed by atoms with E-state index in [1.54, 1.807) is 25.4 Å². The summed E-state index contributed by atoms with van der Waals surface area (Å²) in [5, 5.41) is 7.50. The van der Waals surface area contributed by atoms with Crippen molar-refractivity contribution in [3.8, 4) is 5.75 Å². The molecule has 164 valence electrons. The maximum Gasteiger partial charge on any atom is 0.260 e. The van der Waals surface area contributed by atoms with Crippen LogP contribution in [-0.2, 0) is 13.0 Å². The van der Waals surface area contributed by atoms with Crippen LogP contribution in [0.15, 0.2) is 36.5 Å². The van der Waals surface area contributed by atoms with Gasteiger partial charge in [0.05, 0.1) is 30.6 Å². The van der Waals surface area contributed by atoms with Gasteiger partial charge in [-0.1, -0.05) is 19.1 Å². The lowest BCUT2D eigenvalue weighted by atomic mass is 10.0. The summed E-state index contributed by atoms with van der Waals surface area (Å²) in [7, 11) is 1.57. The van der Waals surface area contributed by atoms with E-state index in [0.717, 1.165) is 56.1 Å². The highest BCUT2D eigenvalue weighted by Crippen LogP contribution is 2.27. The molecule has 1 aromatic carbocycles. The Balaban J connectivity index is 1.38. The minimum atomic E-state index is -0.197. The standard InChI is InChI=1S/C23H30N6O2/c1-4-21-25-16(2)19(26-21)15-28-13-10-17(11-14-28)29-22(9-12-24-29)27-23(30)18-7-5-6-8-20(18)31-3/h5-9,12,17H,4,10-11,13-15H2,1-3H3,(H,25,26)(H,27,30). The Morgan fingerprint density at radius 1 is 1.26 bits per heavy atom. The first-order valence-electron chi connectivity index (χ1n) is 10.8. The Morgan fingerprint density at radius 2 is 2.03 bits per heavy atom. The zero-order chi connectivity index (χ0) is 21.8. The van der Waals surface area contributed by atoms with E-state index in [-0.39, 0.29) is 11.9 Å². The highest BCUT2D eigenvalue weighted by Gasteiger charge is 2.24. The zero-order valence-corrected chi connectivity index (χ0v) is 18.4. The maximum absolute atomic E-state index is 12.8. The minimum Gasteiger partial charge on any atom is -0.496 e. The number of carbonyl (C=O) groups excluding carboxylic acids is 1. The molecule has 0 spiro atoms. The topological polar surface area (TPSA) is 88.1 Å². The van der Waals surface area contributed by atoms with Crippen LogP contribution in [0, 0.1) is 6.92 Å². The molecule has 3 aromatic rings.